The van der Waals surface area contributed by atoms with Gasteiger partial charge in [0, 0.05) is 0 Å². The van der Waals surface area contributed by atoms with Crippen LogP contribution in [0.5, 0.6) is 0 Å². The van der Waals surface area contributed by atoms with Crippen LogP contribution in [0.3, 0.4) is 0 Å². The Morgan fingerprint density at radius 3 is 0.400 bits per heavy atom. The Hall–Kier alpha value is -3.02. The quantitative estimate of drug-likeness (QED) is 0.0530. The molecule has 5 heteroatoms. The van der Waals surface area contributed by atoms with Crippen LogP contribution < -0.4 is 31.1 Å². The molecule has 0 N–H and O–H groups in total. The van der Waals surface area contributed by atoms with Gasteiger partial charge in [-0.2, -0.15) is 0 Å². The van der Waals surface area contributed by atoms with Gasteiger partial charge in [0.05, 0.1) is 0 Å². The number of rotatable bonds is 24. The van der Waals surface area contributed by atoms with Crippen molar-refractivity contribution in [2.45, 2.75) is 356 Å². The molecule has 0 amide bonds. The Labute approximate surface area is 599 Å². The van der Waals surface area contributed by atoms with E-state index < -0.39 is 44.4 Å². The first kappa shape index (κ1) is 79.3. The van der Waals surface area contributed by atoms with Gasteiger partial charge in [-0.3, -0.25) is 0 Å². The molecule has 0 aromatic heterocycles. The normalized spacial score (nSPS) is 14.8. The maximum absolute atomic E-state index is 3.36. The second-order valence-electron chi connectivity index (χ2n) is 35.4. The molecule has 0 radical (unpaired) electrons. The predicted octanol–water partition coefficient (Wildman–Crippen LogP) is 23.5. The van der Waals surface area contributed by atoms with E-state index >= 15 is 0 Å². The van der Waals surface area contributed by atoms with Crippen molar-refractivity contribution in [2.24, 2.45) is 0 Å². The molecule has 0 saturated heterocycles. The zero-order chi connectivity index (χ0) is 71.6. The second kappa shape index (κ2) is 31.1. The van der Waals surface area contributed by atoms with E-state index in [1.54, 1.807) is 66.8 Å². The van der Waals surface area contributed by atoms with Crippen molar-refractivity contribution in [1.82, 2.24) is 0 Å². The van der Waals surface area contributed by atoms with Gasteiger partial charge in [0.15, 0.2) is 0 Å². The van der Waals surface area contributed by atoms with Crippen LogP contribution in [-0.4, -0.2) is 44.4 Å². The summed E-state index contributed by atoms with van der Waals surface area (Å²) in [5.41, 5.74) is 29.8. The Bertz CT molecular complexity index is 3180. The third-order valence-corrected chi connectivity index (χ3v) is 114. The first-order valence-electron chi connectivity index (χ1n) is 38.6. The van der Waals surface area contributed by atoms with E-state index in [1.165, 1.54) is 33.4 Å². The summed E-state index contributed by atoms with van der Waals surface area (Å²) >= 11 is -1.24. The van der Waals surface area contributed by atoms with E-state index in [4.69, 9.17) is 0 Å². The number of benzene rings is 6. The van der Waals surface area contributed by atoms with Crippen LogP contribution in [0.2, 0.25) is 0 Å². The molecule has 0 bridgehead atoms. The molecular formula is C90H138Si4Te. The molecule has 0 saturated carbocycles. The number of hydrogen-bond donors (Lipinski definition) is 0. The van der Waals surface area contributed by atoms with Gasteiger partial charge in [-0.25, -0.2) is 0 Å². The monoisotopic (exact) mass is 1460 g/mol. The minimum atomic E-state index is -3.36. The van der Waals surface area contributed by atoms with Crippen molar-refractivity contribution in [2.75, 3.05) is 0 Å². The summed E-state index contributed by atoms with van der Waals surface area (Å²) in [6, 6.07) is 34.6. The van der Waals surface area contributed by atoms with Gasteiger partial charge >= 0.3 is 604 Å². The maximum atomic E-state index is 2.89. The van der Waals surface area contributed by atoms with Crippen molar-refractivity contribution in [3.63, 3.8) is 0 Å². The fraction of sp³-hybridized carbons (Fsp3) is 0.600. The zero-order valence-corrected chi connectivity index (χ0v) is 74.1. The molecule has 0 unspecified atom stereocenters. The first-order chi connectivity index (χ1) is 44.0. The van der Waals surface area contributed by atoms with Gasteiger partial charge < -0.3 is 0 Å². The molecule has 1 aliphatic heterocycles. The van der Waals surface area contributed by atoms with Gasteiger partial charge in [-0.05, 0) is 0 Å². The number of hydrogen-bond acceptors (Lipinski definition) is 0. The van der Waals surface area contributed by atoms with E-state index in [9.17, 15) is 0 Å². The Morgan fingerprint density at radius 2 is 0.295 bits per heavy atom. The van der Waals surface area contributed by atoms with Crippen LogP contribution >= 0.6 is 0 Å². The van der Waals surface area contributed by atoms with Gasteiger partial charge in [0.2, 0.25) is 0 Å². The molecule has 0 atom stereocenters. The first-order valence-corrected chi connectivity index (χ1v) is 55.4. The molecule has 1 aliphatic rings. The van der Waals surface area contributed by atoms with Crippen LogP contribution in [0, 0.1) is 0 Å². The predicted molar refractivity (Wildman–Crippen MR) is 439 cm³/mol. The topological polar surface area (TPSA) is 0 Å². The van der Waals surface area contributed by atoms with Gasteiger partial charge in [-0.1, -0.05) is 0 Å². The molecule has 95 heavy (non-hydrogen) atoms. The fourth-order valence-electron chi connectivity index (χ4n) is 16.2. The van der Waals surface area contributed by atoms with Crippen LogP contribution in [-0.2, 0) is 0 Å². The molecule has 6 aromatic carbocycles. The average molecular weight is 1460 g/mol. The van der Waals surface area contributed by atoms with Gasteiger partial charge in [0.25, 0.3) is 0 Å². The molecule has 1 heterocycles. The zero-order valence-electron chi connectivity index (χ0n) is 67.7. The Morgan fingerprint density at radius 1 is 0.179 bits per heavy atom. The SMILES string of the molecule is CC(C)c1cc(C(C)C)c([Si]2=[Si](c3c(C(C)C)cc(C(C)C)cc3C(C)C)[Si](c3c(C(C)C)cc(C(C)C)cc3C(C)C)(c3c(C(C)C)cc(C(C)C)cc3C(C)C)[Te][Si]2(c2c(C(C)C)cc(C(C)C)cc2C(C)C)c2c(C(C)C)cc(C(C)C)cc2C(C)C)c(C(C)C)c1. The van der Waals surface area contributed by atoms with Crippen molar-refractivity contribution in [3.05, 3.63) is 173 Å². The van der Waals surface area contributed by atoms with Crippen LogP contribution in [0.15, 0.2) is 72.8 Å². The Kier molecular flexibility index (Phi) is 25.9. The minimum absolute atomic E-state index is 0.333. The second-order valence-corrected chi connectivity index (χ2v) is 79.4. The van der Waals surface area contributed by atoms with E-state index in [0.29, 0.717) is 107 Å². The summed E-state index contributed by atoms with van der Waals surface area (Å²) in [6.45, 7) is 93.4. The van der Waals surface area contributed by atoms with Crippen molar-refractivity contribution in [3.8, 4) is 0 Å². The summed E-state index contributed by atoms with van der Waals surface area (Å²) in [7, 11) is -3.72. The van der Waals surface area contributed by atoms with Crippen molar-refractivity contribution in [1.29, 1.82) is 0 Å². The average Bonchev–Trinajstić information content (AvgIpc) is 1.50. The molecule has 0 fully saturated rings. The van der Waals surface area contributed by atoms with E-state index in [2.05, 4.69) is 322 Å². The van der Waals surface area contributed by atoms with Crippen molar-refractivity contribution < 1.29 is 0 Å². The summed E-state index contributed by atoms with van der Waals surface area (Å²) < 4.78 is 0. The summed E-state index contributed by atoms with van der Waals surface area (Å²) in [5, 5.41) is 4.90. The molecule has 0 spiro atoms. The molecule has 0 nitrogen and oxygen atoms in total. The van der Waals surface area contributed by atoms with E-state index in [1.807, 2.05) is 31.1 Å². The summed E-state index contributed by atoms with van der Waals surface area (Å²) in [5.74, 6) is 6.46. The summed E-state index contributed by atoms with van der Waals surface area (Å²) in [4.78, 5) is 0. The van der Waals surface area contributed by atoms with Crippen molar-refractivity contribution >= 4 is 75.6 Å². The molecular weight excluding hydrogens is 1320 g/mol. The molecule has 0 aliphatic carbocycles. The van der Waals surface area contributed by atoms with Gasteiger partial charge in [0.1, 0.15) is 0 Å². The third kappa shape index (κ3) is 15.0. The Balaban J connectivity index is 2.34. The van der Waals surface area contributed by atoms with Crippen LogP contribution in [0.1, 0.15) is 456 Å². The van der Waals surface area contributed by atoms with Crippen LogP contribution in [0.4, 0.5) is 0 Å². The molecule has 520 valence electrons. The van der Waals surface area contributed by atoms with Gasteiger partial charge in [-0.15, -0.1) is 0 Å². The third-order valence-electron chi connectivity index (χ3n) is 22.0. The standard InChI is InChI=1S/C90H138Si4Te/c1-49(2)67-37-73(55(13)14)85(74(38-67)56(15)16)91-92(86-75(57(17)18)39-68(50(3)4)40-76(86)58(19)20)94(89-81(63(29)30)45-71(53(9)10)46-82(89)64(31)32,90-83(65(33)34)47-72(54(11)12)48-84(90)66(35)36)95-93(91,87-77(59(21)22)41-69(51(5)6)42-78(87)60(23)24)88-79(61(25)26)43-70(52(7)8)44-80(88)62(27)28/h37-66H,1-36H3. The van der Waals surface area contributed by atoms with Crippen LogP contribution in [0.25, 0.3) is 0 Å². The fourth-order valence-corrected chi connectivity index (χ4v) is 199. The van der Waals surface area contributed by atoms with E-state index in [0.717, 1.165) is 0 Å². The molecule has 7 rings (SSSR count). The van der Waals surface area contributed by atoms with E-state index in [-0.39, 0.29) is 0 Å². The summed E-state index contributed by atoms with van der Waals surface area (Å²) in [6.07, 6.45) is 0. The molecule has 6 aromatic rings.